The van der Waals surface area contributed by atoms with E-state index in [9.17, 15) is 4.39 Å². The van der Waals surface area contributed by atoms with E-state index in [0.29, 0.717) is 21.6 Å². The smallest absolute Gasteiger partial charge is 0.231 e. The third kappa shape index (κ3) is 2.59. The third-order valence-corrected chi connectivity index (χ3v) is 3.43. The van der Waals surface area contributed by atoms with Gasteiger partial charge in [0.2, 0.25) is 11.2 Å². The van der Waals surface area contributed by atoms with Gasteiger partial charge in [0.1, 0.15) is 11.6 Å². The van der Waals surface area contributed by atoms with Gasteiger partial charge in [0.05, 0.1) is 15.4 Å². The van der Waals surface area contributed by atoms with Crippen LogP contribution in [0.25, 0.3) is 10.9 Å². The molecule has 3 aromatic rings. The third-order valence-electron chi connectivity index (χ3n) is 2.64. The van der Waals surface area contributed by atoms with E-state index in [2.05, 4.69) is 25.9 Å². The molecule has 1 aromatic heterocycles. The zero-order chi connectivity index (χ0) is 14.1. The number of aromatic nitrogens is 2. The van der Waals surface area contributed by atoms with E-state index in [1.165, 1.54) is 18.2 Å². The minimum absolute atomic E-state index is 0.0944. The normalized spacial score (nSPS) is 10.8. The van der Waals surface area contributed by atoms with Crippen molar-refractivity contribution in [2.75, 3.05) is 0 Å². The van der Waals surface area contributed by atoms with Crippen molar-refractivity contribution >= 4 is 38.4 Å². The summed E-state index contributed by atoms with van der Waals surface area (Å²) in [5.41, 5.74) is 0.681. The lowest BCUT2D eigenvalue weighted by Crippen LogP contribution is -1.93. The number of benzene rings is 2. The summed E-state index contributed by atoms with van der Waals surface area (Å²) in [6, 6.07) is 11.5. The average molecular weight is 354 g/mol. The lowest BCUT2D eigenvalue weighted by atomic mass is 10.2. The minimum Gasteiger partial charge on any atom is -0.437 e. The summed E-state index contributed by atoms with van der Waals surface area (Å²) in [5.74, 6) is 0.425. The van der Waals surface area contributed by atoms with Gasteiger partial charge in [0.25, 0.3) is 0 Å². The minimum atomic E-state index is -0.352. The summed E-state index contributed by atoms with van der Waals surface area (Å²) in [7, 11) is 0. The van der Waals surface area contributed by atoms with Crippen LogP contribution in [0.3, 0.4) is 0 Å². The molecule has 1 heterocycles. The molecule has 0 bridgehead atoms. The Hall–Kier alpha value is -1.72. The molecule has 0 amide bonds. The van der Waals surface area contributed by atoms with Gasteiger partial charge in [-0.15, -0.1) is 0 Å². The molecule has 0 aliphatic heterocycles. The van der Waals surface area contributed by atoms with E-state index >= 15 is 0 Å². The number of hydrogen-bond donors (Lipinski definition) is 0. The fourth-order valence-electron chi connectivity index (χ4n) is 1.76. The molecule has 6 heteroatoms. The molecule has 2 aromatic carbocycles. The first-order valence-electron chi connectivity index (χ1n) is 5.69. The van der Waals surface area contributed by atoms with E-state index in [0.717, 1.165) is 5.39 Å². The quantitative estimate of drug-likeness (QED) is 0.610. The summed E-state index contributed by atoms with van der Waals surface area (Å²) in [5, 5.41) is 0.824. The highest BCUT2D eigenvalue weighted by Gasteiger charge is 2.10. The predicted octanol–water partition coefficient (Wildman–Crippen LogP) is 4.98. The van der Waals surface area contributed by atoms with Crippen molar-refractivity contribution in [1.82, 2.24) is 9.97 Å². The van der Waals surface area contributed by atoms with Crippen LogP contribution < -0.4 is 4.74 Å². The van der Waals surface area contributed by atoms with Crippen molar-refractivity contribution in [1.29, 1.82) is 0 Å². The first-order chi connectivity index (χ1) is 9.63. The molecule has 0 saturated carbocycles. The molecule has 3 nitrogen and oxygen atoms in total. The van der Waals surface area contributed by atoms with Gasteiger partial charge in [-0.05, 0) is 57.9 Å². The van der Waals surface area contributed by atoms with Crippen LogP contribution in [0.2, 0.25) is 5.28 Å². The SMILES string of the molecule is Fc1ccc(Oc2nc(Cl)nc3ccccc23)c(Br)c1. The topological polar surface area (TPSA) is 35.0 Å². The average Bonchev–Trinajstić information content (AvgIpc) is 2.41. The molecule has 0 radical (unpaired) electrons. The van der Waals surface area contributed by atoms with Gasteiger partial charge >= 0.3 is 0 Å². The van der Waals surface area contributed by atoms with Crippen molar-refractivity contribution < 1.29 is 9.13 Å². The van der Waals surface area contributed by atoms with Crippen LogP contribution in [0, 0.1) is 5.82 Å². The second kappa shape index (κ2) is 5.34. The highest BCUT2D eigenvalue weighted by atomic mass is 79.9. The Kier molecular flexibility index (Phi) is 3.54. The highest BCUT2D eigenvalue weighted by Crippen LogP contribution is 2.33. The number of rotatable bonds is 2. The van der Waals surface area contributed by atoms with Crippen molar-refractivity contribution in [3.05, 3.63) is 58.0 Å². The second-order valence-electron chi connectivity index (χ2n) is 3.99. The van der Waals surface area contributed by atoms with Crippen molar-refractivity contribution in [2.24, 2.45) is 0 Å². The molecule has 0 spiro atoms. The van der Waals surface area contributed by atoms with Crippen molar-refractivity contribution in [3.8, 4) is 11.6 Å². The molecule has 0 unspecified atom stereocenters. The maximum Gasteiger partial charge on any atom is 0.231 e. The van der Waals surface area contributed by atoms with Gasteiger partial charge in [0.15, 0.2) is 0 Å². The summed E-state index contributed by atoms with van der Waals surface area (Å²) < 4.78 is 19.3. The van der Waals surface area contributed by atoms with E-state index in [4.69, 9.17) is 16.3 Å². The van der Waals surface area contributed by atoms with Crippen LogP contribution in [-0.2, 0) is 0 Å². The molecule has 0 N–H and O–H groups in total. The monoisotopic (exact) mass is 352 g/mol. The van der Waals surface area contributed by atoms with Crippen LogP contribution in [0.5, 0.6) is 11.6 Å². The number of fused-ring (bicyclic) bond motifs is 1. The molecule has 0 fully saturated rings. The summed E-state index contributed by atoms with van der Waals surface area (Å²) >= 11 is 9.13. The Morgan fingerprint density at radius 2 is 1.90 bits per heavy atom. The molecule has 0 aliphatic rings. The number of hydrogen-bond acceptors (Lipinski definition) is 3. The molecular weight excluding hydrogens is 347 g/mol. The van der Waals surface area contributed by atoms with Crippen molar-refractivity contribution in [3.63, 3.8) is 0 Å². The van der Waals surface area contributed by atoms with E-state index in [1.807, 2.05) is 24.3 Å². The standard InChI is InChI=1S/C14H7BrClFN2O/c15-10-7-8(17)5-6-12(10)20-13-9-3-1-2-4-11(9)18-14(16)19-13/h1-7H. The maximum atomic E-state index is 13.1. The van der Waals surface area contributed by atoms with Crippen molar-refractivity contribution in [2.45, 2.75) is 0 Å². The lowest BCUT2D eigenvalue weighted by Gasteiger charge is -2.09. The lowest BCUT2D eigenvalue weighted by molar-refractivity contribution is 0.463. The summed E-state index contributed by atoms with van der Waals surface area (Å²) in [6.45, 7) is 0. The Morgan fingerprint density at radius 1 is 1.10 bits per heavy atom. The van der Waals surface area contributed by atoms with Gasteiger partial charge in [-0.2, -0.15) is 4.98 Å². The Labute approximate surface area is 127 Å². The van der Waals surface area contributed by atoms with Crippen LogP contribution >= 0.6 is 27.5 Å². The van der Waals surface area contributed by atoms with E-state index in [-0.39, 0.29) is 11.1 Å². The number of para-hydroxylation sites is 1. The van der Waals surface area contributed by atoms with E-state index < -0.39 is 0 Å². The predicted molar refractivity (Wildman–Crippen MR) is 78.7 cm³/mol. The Morgan fingerprint density at radius 3 is 2.70 bits per heavy atom. The van der Waals surface area contributed by atoms with Crippen LogP contribution in [0.15, 0.2) is 46.9 Å². The Balaban J connectivity index is 2.10. The maximum absolute atomic E-state index is 13.1. The molecule has 20 heavy (non-hydrogen) atoms. The van der Waals surface area contributed by atoms with E-state index in [1.54, 1.807) is 0 Å². The zero-order valence-electron chi connectivity index (χ0n) is 9.98. The molecule has 0 aliphatic carbocycles. The second-order valence-corrected chi connectivity index (χ2v) is 5.18. The van der Waals surface area contributed by atoms with Gasteiger partial charge in [-0.1, -0.05) is 12.1 Å². The molecule has 3 rings (SSSR count). The largest absolute Gasteiger partial charge is 0.437 e. The number of ether oxygens (including phenoxy) is 1. The summed E-state index contributed by atoms with van der Waals surface area (Å²) in [4.78, 5) is 8.19. The van der Waals surface area contributed by atoms with Gasteiger partial charge < -0.3 is 4.74 Å². The van der Waals surface area contributed by atoms with Gasteiger partial charge in [-0.25, -0.2) is 9.37 Å². The Bertz CT molecular complexity index is 797. The molecule has 0 atom stereocenters. The number of halogens is 3. The molecule has 100 valence electrons. The van der Waals surface area contributed by atoms with Gasteiger partial charge in [0, 0.05) is 0 Å². The van der Waals surface area contributed by atoms with Crippen LogP contribution in [0.4, 0.5) is 4.39 Å². The number of nitrogens with zero attached hydrogens (tertiary/aromatic N) is 2. The first-order valence-corrected chi connectivity index (χ1v) is 6.86. The van der Waals surface area contributed by atoms with Gasteiger partial charge in [-0.3, -0.25) is 0 Å². The van der Waals surface area contributed by atoms with Crippen LogP contribution in [-0.4, -0.2) is 9.97 Å². The highest BCUT2D eigenvalue weighted by molar-refractivity contribution is 9.10. The fraction of sp³-hybridized carbons (Fsp3) is 0. The fourth-order valence-corrected chi connectivity index (χ4v) is 2.36. The zero-order valence-corrected chi connectivity index (χ0v) is 12.3. The first kappa shape index (κ1) is 13.3. The molecule has 0 saturated heterocycles. The molecular formula is C14H7BrClFN2O. The summed E-state index contributed by atoms with van der Waals surface area (Å²) in [6.07, 6.45) is 0. The van der Waals surface area contributed by atoms with Crippen LogP contribution in [0.1, 0.15) is 0 Å².